The zero-order valence-corrected chi connectivity index (χ0v) is 17.0. The van der Waals surface area contributed by atoms with Crippen LogP contribution >= 0.6 is 0 Å². The molecular weight excluding hydrogens is 412 g/mol. The number of rotatable bonds is 8. The Morgan fingerprint density at radius 1 is 1.00 bits per heavy atom. The fourth-order valence-corrected chi connectivity index (χ4v) is 4.51. The highest BCUT2D eigenvalue weighted by Gasteiger charge is 2.30. The van der Waals surface area contributed by atoms with Gasteiger partial charge in [-0.25, -0.2) is 17.2 Å². The molecule has 3 aromatic rings. The van der Waals surface area contributed by atoms with Crippen LogP contribution in [-0.2, 0) is 16.6 Å². The van der Waals surface area contributed by atoms with E-state index in [1.807, 2.05) is 0 Å². The number of methoxy groups -OCH3 is 1. The average molecular weight is 433 g/mol. The summed E-state index contributed by atoms with van der Waals surface area (Å²) in [4.78, 5) is -0.781. The summed E-state index contributed by atoms with van der Waals surface area (Å²) in [6.45, 7) is -0.486. The van der Waals surface area contributed by atoms with E-state index < -0.39 is 32.7 Å². The molecule has 0 heterocycles. The van der Waals surface area contributed by atoms with Crippen molar-refractivity contribution in [3.63, 3.8) is 0 Å². The molecule has 8 heteroatoms. The Kier molecular flexibility index (Phi) is 6.81. The Hall–Kier alpha value is -2.81. The minimum absolute atomic E-state index is 0.125. The van der Waals surface area contributed by atoms with Crippen LogP contribution in [0.1, 0.15) is 17.2 Å². The van der Waals surface area contributed by atoms with E-state index >= 15 is 0 Å². The topological polar surface area (TPSA) is 66.8 Å². The molecule has 0 fully saturated rings. The molecule has 5 nitrogen and oxygen atoms in total. The van der Waals surface area contributed by atoms with Crippen LogP contribution in [0.4, 0.5) is 8.78 Å². The Labute approximate surface area is 174 Å². The van der Waals surface area contributed by atoms with Crippen molar-refractivity contribution in [2.45, 2.75) is 17.5 Å². The normalized spacial score (nSPS) is 12.7. The zero-order chi connectivity index (χ0) is 21.7. The van der Waals surface area contributed by atoms with Gasteiger partial charge in [0.15, 0.2) is 0 Å². The van der Waals surface area contributed by atoms with Crippen molar-refractivity contribution in [2.24, 2.45) is 0 Å². The van der Waals surface area contributed by atoms with Crippen LogP contribution in [0.25, 0.3) is 0 Å². The van der Waals surface area contributed by atoms with Gasteiger partial charge in [0.2, 0.25) is 10.0 Å². The number of ether oxygens (including phenoxy) is 1. The Morgan fingerprint density at radius 3 is 2.43 bits per heavy atom. The summed E-state index contributed by atoms with van der Waals surface area (Å²) >= 11 is 0. The second-order valence-electron chi connectivity index (χ2n) is 6.65. The quantitative estimate of drug-likeness (QED) is 0.585. The third-order valence-electron chi connectivity index (χ3n) is 4.57. The van der Waals surface area contributed by atoms with E-state index in [1.165, 1.54) is 7.11 Å². The highest BCUT2D eigenvalue weighted by Crippen LogP contribution is 2.26. The standard InChI is InChI=1S/C22H21F2NO4S/c1-29-19-9-5-8-17(12-19)21(26)15-25(14-16-6-3-2-4-7-16)30(27,28)22-13-18(23)10-11-20(22)24/h2-13,21,26H,14-15H2,1H3/t21-/m0/s1. The number of nitrogens with zero attached hydrogens (tertiary/aromatic N) is 1. The zero-order valence-electron chi connectivity index (χ0n) is 16.2. The van der Waals surface area contributed by atoms with Crippen LogP contribution in [0.3, 0.4) is 0 Å². The molecule has 0 amide bonds. The van der Waals surface area contributed by atoms with Gasteiger partial charge in [-0.2, -0.15) is 4.31 Å². The van der Waals surface area contributed by atoms with Crippen molar-refractivity contribution in [1.29, 1.82) is 0 Å². The van der Waals surface area contributed by atoms with Gasteiger partial charge in [0.05, 0.1) is 13.2 Å². The van der Waals surface area contributed by atoms with Gasteiger partial charge in [-0.3, -0.25) is 0 Å². The van der Waals surface area contributed by atoms with E-state index in [2.05, 4.69) is 0 Å². The minimum atomic E-state index is -4.44. The van der Waals surface area contributed by atoms with E-state index in [9.17, 15) is 22.3 Å². The molecule has 0 aliphatic heterocycles. The van der Waals surface area contributed by atoms with Crippen molar-refractivity contribution in [2.75, 3.05) is 13.7 Å². The van der Waals surface area contributed by atoms with E-state index in [-0.39, 0.29) is 13.1 Å². The first-order valence-corrected chi connectivity index (χ1v) is 10.6. The van der Waals surface area contributed by atoms with Gasteiger partial charge in [0.1, 0.15) is 22.3 Å². The maximum absolute atomic E-state index is 14.3. The van der Waals surface area contributed by atoms with E-state index in [0.717, 1.165) is 16.4 Å². The number of benzene rings is 3. The smallest absolute Gasteiger partial charge is 0.246 e. The fourth-order valence-electron chi connectivity index (χ4n) is 3.00. The van der Waals surface area contributed by atoms with E-state index in [4.69, 9.17) is 4.74 Å². The lowest BCUT2D eigenvalue weighted by atomic mass is 10.1. The predicted molar refractivity (Wildman–Crippen MR) is 108 cm³/mol. The van der Waals surface area contributed by atoms with Gasteiger partial charge in [-0.15, -0.1) is 0 Å². The lowest BCUT2D eigenvalue weighted by Crippen LogP contribution is -2.35. The van der Waals surface area contributed by atoms with Gasteiger partial charge < -0.3 is 9.84 Å². The van der Waals surface area contributed by atoms with Crippen LogP contribution < -0.4 is 4.74 Å². The van der Waals surface area contributed by atoms with Gasteiger partial charge in [-0.05, 0) is 41.5 Å². The molecule has 158 valence electrons. The molecule has 0 radical (unpaired) electrons. The van der Waals surface area contributed by atoms with Crippen molar-refractivity contribution in [1.82, 2.24) is 4.31 Å². The number of halogens is 2. The molecule has 0 saturated carbocycles. The highest BCUT2D eigenvalue weighted by molar-refractivity contribution is 7.89. The van der Waals surface area contributed by atoms with Crippen LogP contribution in [0.15, 0.2) is 77.7 Å². The van der Waals surface area contributed by atoms with Crippen LogP contribution in [-0.4, -0.2) is 31.5 Å². The van der Waals surface area contributed by atoms with E-state index in [0.29, 0.717) is 22.9 Å². The predicted octanol–water partition coefficient (Wildman–Crippen LogP) is 3.90. The fraction of sp³-hybridized carbons (Fsp3) is 0.182. The van der Waals surface area contributed by atoms with Gasteiger partial charge in [0.25, 0.3) is 0 Å². The molecule has 3 aromatic carbocycles. The second-order valence-corrected chi connectivity index (χ2v) is 8.56. The molecule has 0 aliphatic carbocycles. The molecule has 0 aromatic heterocycles. The number of aliphatic hydroxyl groups excluding tert-OH is 1. The van der Waals surface area contributed by atoms with Gasteiger partial charge >= 0.3 is 0 Å². The first-order chi connectivity index (χ1) is 14.3. The molecular formula is C22H21F2NO4S. The molecule has 1 N–H and O–H groups in total. The van der Waals surface area contributed by atoms with Crippen LogP contribution in [0.2, 0.25) is 0 Å². The molecule has 30 heavy (non-hydrogen) atoms. The highest BCUT2D eigenvalue weighted by atomic mass is 32.2. The van der Waals surface area contributed by atoms with Crippen molar-refractivity contribution < 1.29 is 27.0 Å². The molecule has 0 bridgehead atoms. The summed E-state index contributed by atoms with van der Waals surface area (Å²) in [6, 6.07) is 17.5. The Morgan fingerprint density at radius 2 is 1.73 bits per heavy atom. The lowest BCUT2D eigenvalue weighted by Gasteiger charge is -2.25. The maximum atomic E-state index is 14.3. The minimum Gasteiger partial charge on any atom is -0.497 e. The third-order valence-corrected chi connectivity index (χ3v) is 6.39. The maximum Gasteiger partial charge on any atom is 0.246 e. The van der Waals surface area contributed by atoms with Crippen LogP contribution in [0, 0.1) is 11.6 Å². The molecule has 0 aliphatic rings. The molecule has 3 rings (SSSR count). The number of hydrogen-bond acceptors (Lipinski definition) is 4. The second kappa shape index (κ2) is 9.34. The number of hydrogen-bond donors (Lipinski definition) is 1. The first kappa shape index (κ1) is 21.9. The number of aliphatic hydroxyl groups is 1. The molecule has 0 unspecified atom stereocenters. The first-order valence-electron chi connectivity index (χ1n) is 9.12. The van der Waals surface area contributed by atoms with Crippen molar-refractivity contribution in [3.05, 3.63) is 95.6 Å². The van der Waals surface area contributed by atoms with Crippen LogP contribution in [0.5, 0.6) is 5.75 Å². The lowest BCUT2D eigenvalue weighted by molar-refractivity contribution is 0.145. The molecule has 0 saturated heterocycles. The van der Waals surface area contributed by atoms with Gasteiger partial charge in [0, 0.05) is 13.1 Å². The largest absolute Gasteiger partial charge is 0.497 e. The van der Waals surface area contributed by atoms with Gasteiger partial charge in [-0.1, -0.05) is 42.5 Å². The summed E-state index contributed by atoms with van der Waals surface area (Å²) in [5, 5.41) is 10.7. The summed E-state index contributed by atoms with van der Waals surface area (Å²) in [5.74, 6) is -1.44. The average Bonchev–Trinajstić information content (AvgIpc) is 2.75. The Bertz CT molecular complexity index is 1110. The summed E-state index contributed by atoms with van der Waals surface area (Å²) < 4.78 is 60.4. The van der Waals surface area contributed by atoms with E-state index in [1.54, 1.807) is 54.6 Å². The third kappa shape index (κ3) is 5.02. The van der Waals surface area contributed by atoms with Crippen molar-refractivity contribution >= 4 is 10.0 Å². The molecule has 0 spiro atoms. The Balaban J connectivity index is 1.98. The monoisotopic (exact) mass is 433 g/mol. The summed E-state index contributed by atoms with van der Waals surface area (Å²) in [7, 11) is -2.97. The summed E-state index contributed by atoms with van der Waals surface area (Å²) in [5.41, 5.74) is 1.07. The summed E-state index contributed by atoms with van der Waals surface area (Å²) in [6.07, 6.45) is -1.21. The number of sulfonamides is 1. The SMILES string of the molecule is COc1cccc([C@@H](O)CN(Cc2ccccc2)S(=O)(=O)c2cc(F)ccc2F)c1. The molecule has 1 atom stereocenters. The van der Waals surface area contributed by atoms with Crippen molar-refractivity contribution in [3.8, 4) is 5.75 Å².